The van der Waals surface area contributed by atoms with Crippen molar-refractivity contribution in [3.63, 3.8) is 0 Å². The molecule has 1 aliphatic carbocycles. The van der Waals surface area contributed by atoms with Gasteiger partial charge in [-0.1, -0.05) is 18.7 Å². The third-order valence-corrected chi connectivity index (χ3v) is 4.43. The molecule has 1 atom stereocenters. The summed E-state index contributed by atoms with van der Waals surface area (Å²) in [5.74, 6) is 0.441. The summed E-state index contributed by atoms with van der Waals surface area (Å²) in [6, 6.07) is 0.466. The number of aromatic nitrogens is 4. The highest BCUT2D eigenvalue weighted by molar-refractivity contribution is 7.99. The molecule has 1 saturated carbocycles. The van der Waals surface area contributed by atoms with Crippen LogP contribution in [0.4, 0.5) is 0 Å². The summed E-state index contributed by atoms with van der Waals surface area (Å²) in [4.78, 5) is 11.6. The Balaban J connectivity index is 1.86. The zero-order valence-corrected chi connectivity index (χ0v) is 12.8. The molecule has 0 saturated heterocycles. The number of hydrogen-bond acceptors (Lipinski definition) is 6. The summed E-state index contributed by atoms with van der Waals surface area (Å²) in [7, 11) is 0. The quantitative estimate of drug-likeness (QED) is 0.652. The van der Waals surface area contributed by atoms with E-state index in [4.69, 9.17) is 5.73 Å². The second kappa shape index (κ2) is 6.53. The summed E-state index contributed by atoms with van der Waals surface area (Å²) < 4.78 is 1.88. The normalized spacial score (nSPS) is 17.9. The van der Waals surface area contributed by atoms with E-state index in [1.165, 1.54) is 0 Å². The molecule has 1 aromatic rings. The van der Waals surface area contributed by atoms with E-state index in [2.05, 4.69) is 27.8 Å². The Morgan fingerprint density at radius 1 is 1.60 bits per heavy atom. The maximum Gasteiger partial charge on any atom is 0.237 e. The number of carbonyl (C=O) groups is 1. The van der Waals surface area contributed by atoms with Gasteiger partial charge in [-0.05, 0) is 49.6 Å². The van der Waals surface area contributed by atoms with Gasteiger partial charge in [0.05, 0.1) is 11.6 Å². The molecule has 8 heteroatoms. The van der Waals surface area contributed by atoms with Gasteiger partial charge in [-0.2, -0.15) is 0 Å². The van der Waals surface area contributed by atoms with E-state index in [1.54, 1.807) is 11.8 Å². The van der Waals surface area contributed by atoms with Gasteiger partial charge in [0.1, 0.15) is 0 Å². The number of carbonyl (C=O) groups excluding carboxylic acids is 1. The molecular formula is C12H22N6OS. The van der Waals surface area contributed by atoms with E-state index >= 15 is 0 Å². The van der Waals surface area contributed by atoms with Crippen LogP contribution in [0.25, 0.3) is 0 Å². The maximum atomic E-state index is 11.6. The van der Waals surface area contributed by atoms with Gasteiger partial charge < -0.3 is 11.1 Å². The van der Waals surface area contributed by atoms with E-state index in [0.29, 0.717) is 12.5 Å². The first-order chi connectivity index (χ1) is 9.57. The summed E-state index contributed by atoms with van der Waals surface area (Å²) >= 11 is 1.58. The molecule has 1 heterocycles. The SMILES string of the molecule is CCCNC(C)(CCSc1nnnn1C1CC1)C(N)=O. The zero-order valence-electron chi connectivity index (χ0n) is 12.0. The van der Waals surface area contributed by atoms with E-state index in [0.717, 1.165) is 36.7 Å². The lowest BCUT2D eigenvalue weighted by molar-refractivity contribution is -0.123. The minimum absolute atomic E-state index is 0.312. The summed E-state index contributed by atoms with van der Waals surface area (Å²) in [6.45, 7) is 4.70. The first-order valence-electron chi connectivity index (χ1n) is 7.02. The first-order valence-corrected chi connectivity index (χ1v) is 8.01. The average Bonchev–Trinajstić information content (AvgIpc) is 3.16. The number of nitrogens with one attached hydrogen (secondary N) is 1. The van der Waals surface area contributed by atoms with Crippen LogP contribution in [0, 0.1) is 0 Å². The monoisotopic (exact) mass is 298 g/mol. The van der Waals surface area contributed by atoms with Crippen LogP contribution in [0.3, 0.4) is 0 Å². The number of nitrogens with zero attached hydrogens (tertiary/aromatic N) is 4. The van der Waals surface area contributed by atoms with E-state index < -0.39 is 5.54 Å². The molecule has 7 nitrogen and oxygen atoms in total. The lowest BCUT2D eigenvalue weighted by Gasteiger charge is -2.27. The Morgan fingerprint density at radius 2 is 2.35 bits per heavy atom. The maximum absolute atomic E-state index is 11.6. The Bertz CT molecular complexity index is 461. The number of hydrogen-bond donors (Lipinski definition) is 2. The molecular weight excluding hydrogens is 276 g/mol. The molecule has 112 valence electrons. The predicted molar refractivity (Wildman–Crippen MR) is 77.3 cm³/mol. The van der Waals surface area contributed by atoms with Gasteiger partial charge in [-0.25, -0.2) is 4.68 Å². The lowest BCUT2D eigenvalue weighted by atomic mass is 9.98. The first kappa shape index (κ1) is 15.2. The van der Waals surface area contributed by atoms with Gasteiger partial charge in [0.2, 0.25) is 11.1 Å². The van der Waals surface area contributed by atoms with Crippen LogP contribution in [0.15, 0.2) is 5.16 Å². The van der Waals surface area contributed by atoms with Crippen molar-refractivity contribution in [1.29, 1.82) is 0 Å². The average molecular weight is 298 g/mol. The molecule has 1 aromatic heterocycles. The largest absolute Gasteiger partial charge is 0.368 e. The summed E-state index contributed by atoms with van der Waals surface area (Å²) in [5, 5.41) is 15.8. The van der Waals surface area contributed by atoms with Gasteiger partial charge in [-0.15, -0.1) is 5.10 Å². The third kappa shape index (κ3) is 3.69. The third-order valence-electron chi connectivity index (χ3n) is 3.50. The molecule has 1 fully saturated rings. The zero-order chi connectivity index (χ0) is 14.6. The fourth-order valence-electron chi connectivity index (χ4n) is 1.87. The Kier molecular flexibility index (Phi) is 4.98. The van der Waals surface area contributed by atoms with Gasteiger partial charge >= 0.3 is 0 Å². The highest BCUT2D eigenvalue weighted by Crippen LogP contribution is 2.36. The molecule has 3 N–H and O–H groups in total. The Labute approximate surface area is 123 Å². The number of primary amides is 1. The van der Waals surface area contributed by atoms with Crippen LogP contribution in [-0.4, -0.2) is 44.0 Å². The van der Waals surface area contributed by atoms with Crippen LogP contribution >= 0.6 is 11.8 Å². The van der Waals surface area contributed by atoms with Gasteiger partial charge in [0.15, 0.2) is 0 Å². The molecule has 0 aromatic carbocycles. The summed E-state index contributed by atoms with van der Waals surface area (Å²) in [6.07, 6.45) is 3.92. The van der Waals surface area contributed by atoms with Crippen molar-refractivity contribution in [1.82, 2.24) is 25.5 Å². The molecule has 1 amide bonds. The second-order valence-electron chi connectivity index (χ2n) is 5.36. The Hall–Kier alpha value is -1.15. The van der Waals surface area contributed by atoms with Crippen molar-refractivity contribution in [3.8, 4) is 0 Å². The second-order valence-corrected chi connectivity index (χ2v) is 6.42. The number of thioether (sulfide) groups is 1. The molecule has 0 bridgehead atoms. The van der Waals surface area contributed by atoms with Crippen LogP contribution in [0.2, 0.25) is 0 Å². The van der Waals surface area contributed by atoms with Crippen molar-refractivity contribution < 1.29 is 4.79 Å². The van der Waals surface area contributed by atoms with E-state index in [1.807, 2.05) is 11.6 Å². The number of amides is 1. The fourth-order valence-corrected chi connectivity index (χ4v) is 2.98. The van der Waals surface area contributed by atoms with Crippen LogP contribution in [-0.2, 0) is 4.79 Å². The molecule has 0 aliphatic heterocycles. The standard InChI is InChI=1S/C12H22N6OS/c1-3-7-14-12(2,10(13)19)6-8-20-11-15-16-17-18(11)9-4-5-9/h9,14H,3-8H2,1-2H3,(H2,13,19). The number of nitrogens with two attached hydrogens (primary N) is 1. The van der Waals surface area contributed by atoms with Crippen LogP contribution < -0.4 is 11.1 Å². The molecule has 2 rings (SSSR count). The molecule has 1 unspecified atom stereocenters. The fraction of sp³-hybridized carbons (Fsp3) is 0.833. The van der Waals surface area contributed by atoms with Gasteiger partial charge in [0.25, 0.3) is 0 Å². The molecule has 20 heavy (non-hydrogen) atoms. The topological polar surface area (TPSA) is 98.7 Å². The highest BCUT2D eigenvalue weighted by Gasteiger charge is 2.31. The highest BCUT2D eigenvalue weighted by atomic mass is 32.2. The van der Waals surface area contributed by atoms with Gasteiger partial charge in [0, 0.05) is 5.75 Å². The summed E-state index contributed by atoms with van der Waals surface area (Å²) in [5.41, 5.74) is 4.84. The minimum atomic E-state index is -0.666. The van der Waals surface area contributed by atoms with Crippen molar-refractivity contribution in [3.05, 3.63) is 0 Å². The van der Waals surface area contributed by atoms with Crippen molar-refractivity contribution >= 4 is 17.7 Å². The minimum Gasteiger partial charge on any atom is -0.368 e. The van der Waals surface area contributed by atoms with Gasteiger partial charge in [-0.3, -0.25) is 4.79 Å². The lowest BCUT2D eigenvalue weighted by Crippen LogP contribution is -2.53. The molecule has 1 aliphatic rings. The number of rotatable bonds is 9. The van der Waals surface area contributed by atoms with Crippen molar-refractivity contribution in [2.75, 3.05) is 12.3 Å². The van der Waals surface area contributed by atoms with Crippen LogP contribution in [0.1, 0.15) is 45.6 Å². The van der Waals surface area contributed by atoms with Crippen molar-refractivity contribution in [2.45, 2.75) is 56.3 Å². The number of tetrazole rings is 1. The molecule has 0 radical (unpaired) electrons. The van der Waals surface area contributed by atoms with Crippen LogP contribution in [0.5, 0.6) is 0 Å². The smallest absolute Gasteiger partial charge is 0.237 e. The Morgan fingerprint density at radius 3 is 2.95 bits per heavy atom. The van der Waals surface area contributed by atoms with E-state index in [-0.39, 0.29) is 5.91 Å². The molecule has 0 spiro atoms. The van der Waals surface area contributed by atoms with E-state index in [9.17, 15) is 4.79 Å². The predicted octanol–water partition coefficient (Wildman–Crippen LogP) is 0.734. The van der Waals surface area contributed by atoms with Crippen molar-refractivity contribution in [2.24, 2.45) is 5.73 Å².